The number of hydrogen-bond acceptors (Lipinski definition) is 5. The first-order valence-electron chi connectivity index (χ1n) is 5.53. The molecule has 0 unspecified atom stereocenters. The van der Waals surface area contributed by atoms with Gasteiger partial charge >= 0.3 is 0 Å². The summed E-state index contributed by atoms with van der Waals surface area (Å²) in [6.07, 6.45) is 0.705. The number of hydrogen-bond donors (Lipinski definition) is 2. The molecule has 0 bridgehead atoms. The third-order valence-corrected chi connectivity index (χ3v) is 7.37. The molecule has 4 nitrogen and oxygen atoms in total. The molecule has 0 aliphatic heterocycles. The molecule has 0 aromatic carbocycles. The van der Waals surface area contributed by atoms with E-state index in [9.17, 15) is 8.42 Å². The largest absolute Gasteiger partial charge is 0.330 e. The molecule has 0 atom stereocenters. The number of sulfonamides is 1. The molecule has 0 fully saturated rings. The van der Waals surface area contributed by atoms with Crippen molar-refractivity contribution in [3.05, 3.63) is 37.8 Å². The second kappa shape index (κ2) is 6.47. The lowest BCUT2D eigenvalue weighted by atomic mass is 10.3. The summed E-state index contributed by atoms with van der Waals surface area (Å²) in [5.74, 6) is 0. The van der Waals surface area contributed by atoms with Gasteiger partial charge in [-0.3, -0.25) is 0 Å². The van der Waals surface area contributed by atoms with E-state index in [1.54, 1.807) is 6.07 Å². The summed E-state index contributed by atoms with van der Waals surface area (Å²) in [6.45, 7) is 0.820. The second-order valence-electron chi connectivity index (χ2n) is 3.78. The van der Waals surface area contributed by atoms with Crippen LogP contribution in [0.1, 0.15) is 9.75 Å². The predicted molar refractivity (Wildman–Crippen MR) is 83.1 cm³/mol. The van der Waals surface area contributed by atoms with Gasteiger partial charge in [0, 0.05) is 20.8 Å². The van der Waals surface area contributed by atoms with E-state index in [2.05, 4.69) is 20.7 Å². The minimum Gasteiger partial charge on any atom is -0.330 e. The molecule has 2 aromatic heterocycles. The zero-order valence-corrected chi connectivity index (χ0v) is 14.0. The predicted octanol–water partition coefficient (Wildman–Crippen LogP) is 2.55. The van der Waals surface area contributed by atoms with Gasteiger partial charge in [0.25, 0.3) is 0 Å². The summed E-state index contributed by atoms with van der Waals surface area (Å²) in [6, 6.07) is 5.34. The maximum atomic E-state index is 12.1. The van der Waals surface area contributed by atoms with Crippen molar-refractivity contribution >= 4 is 48.6 Å². The van der Waals surface area contributed by atoms with Crippen LogP contribution in [0.15, 0.2) is 32.3 Å². The van der Waals surface area contributed by atoms with Crippen LogP contribution in [0.3, 0.4) is 0 Å². The van der Waals surface area contributed by atoms with Gasteiger partial charge in [-0.15, -0.1) is 22.7 Å². The van der Waals surface area contributed by atoms with Crippen molar-refractivity contribution in [2.45, 2.75) is 17.2 Å². The molecule has 8 heteroatoms. The normalized spacial score (nSPS) is 11.9. The highest BCUT2D eigenvalue weighted by molar-refractivity contribution is 9.10. The Labute approximate surface area is 128 Å². The van der Waals surface area contributed by atoms with E-state index in [4.69, 9.17) is 5.73 Å². The van der Waals surface area contributed by atoms with Gasteiger partial charge in [0.1, 0.15) is 4.21 Å². The minimum absolute atomic E-state index is 0.296. The Kier molecular flexibility index (Phi) is 5.15. The van der Waals surface area contributed by atoms with Crippen LogP contribution < -0.4 is 10.5 Å². The van der Waals surface area contributed by atoms with Crippen LogP contribution in [-0.2, 0) is 23.0 Å². The van der Waals surface area contributed by atoms with Crippen molar-refractivity contribution in [3.8, 4) is 0 Å². The Morgan fingerprint density at radius 2 is 2.11 bits per heavy atom. The van der Waals surface area contributed by atoms with Gasteiger partial charge in [0.05, 0.1) is 0 Å². The Morgan fingerprint density at radius 3 is 2.74 bits per heavy atom. The van der Waals surface area contributed by atoms with Crippen molar-refractivity contribution in [1.29, 1.82) is 0 Å². The van der Waals surface area contributed by atoms with Gasteiger partial charge < -0.3 is 5.73 Å². The van der Waals surface area contributed by atoms with E-state index in [0.29, 0.717) is 23.7 Å². The Bertz CT molecular complexity index is 648. The first kappa shape index (κ1) is 15.1. The van der Waals surface area contributed by atoms with Crippen molar-refractivity contribution in [1.82, 2.24) is 4.72 Å². The molecule has 2 aromatic rings. The summed E-state index contributed by atoms with van der Waals surface area (Å²) < 4.78 is 28.1. The van der Waals surface area contributed by atoms with Crippen LogP contribution in [-0.4, -0.2) is 15.0 Å². The average Bonchev–Trinajstić information content (AvgIpc) is 2.97. The number of rotatable bonds is 6. The van der Waals surface area contributed by atoms with Gasteiger partial charge in [-0.05, 0) is 52.5 Å². The van der Waals surface area contributed by atoms with Crippen LogP contribution in [0.4, 0.5) is 0 Å². The fraction of sp³-hybridized carbons (Fsp3) is 0.273. The molecule has 0 aliphatic rings. The molecule has 0 amide bonds. The summed E-state index contributed by atoms with van der Waals surface area (Å²) >= 11 is 6.16. The third kappa shape index (κ3) is 3.87. The average molecular weight is 381 g/mol. The lowest BCUT2D eigenvalue weighted by molar-refractivity contribution is 0.584. The summed E-state index contributed by atoms with van der Waals surface area (Å²) in [5, 5.41) is 1.91. The maximum absolute atomic E-state index is 12.1. The van der Waals surface area contributed by atoms with E-state index >= 15 is 0 Å². The summed E-state index contributed by atoms with van der Waals surface area (Å²) in [4.78, 5) is 1.95. The molecule has 2 heterocycles. The lowest BCUT2D eigenvalue weighted by Crippen LogP contribution is -2.22. The zero-order chi connectivity index (χ0) is 13.9. The number of nitrogens with two attached hydrogens (primary N) is 1. The highest BCUT2D eigenvalue weighted by Crippen LogP contribution is 2.25. The van der Waals surface area contributed by atoms with Crippen LogP contribution in [0.2, 0.25) is 0 Å². The van der Waals surface area contributed by atoms with E-state index in [-0.39, 0.29) is 0 Å². The van der Waals surface area contributed by atoms with Crippen molar-refractivity contribution < 1.29 is 8.42 Å². The number of nitrogens with one attached hydrogen (secondary N) is 1. The SMILES string of the molecule is NCCc1ccc(S(=O)(=O)NCc2sccc2Br)s1. The second-order valence-corrected chi connectivity index (χ2v) is 8.79. The van der Waals surface area contributed by atoms with Gasteiger partial charge in [0.15, 0.2) is 0 Å². The van der Waals surface area contributed by atoms with Gasteiger partial charge in [-0.2, -0.15) is 0 Å². The molecular formula is C11H13BrN2O2S3. The van der Waals surface area contributed by atoms with Crippen molar-refractivity contribution in [2.75, 3.05) is 6.54 Å². The molecule has 0 spiro atoms. The summed E-state index contributed by atoms with van der Waals surface area (Å²) in [5.41, 5.74) is 5.46. The first-order chi connectivity index (χ1) is 9.03. The molecule has 0 radical (unpaired) electrons. The number of thiophene rings is 2. The Morgan fingerprint density at radius 1 is 1.32 bits per heavy atom. The molecular weight excluding hydrogens is 368 g/mol. The topological polar surface area (TPSA) is 72.2 Å². The molecule has 3 N–H and O–H groups in total. The molecule has 0 aliphatic carbocycles. The highest BCUT2D eigenvalue weighted by atomic mass is 79.9. The fourth-order valence-corrected chi connectivity index (χ4v) is 5.40. The van der Waals surface area contributed by atoms with E-state index < -0.39 is 10.0 Å². The third-order valence-electron chi connectivity index (χ3n) is 2.41. The lowest BCUT2D eigenvalue weighted by Gasteiger charge is -2.03. The van der Waals surface area contributed by atoms with E-state index in [1.807, 2.05) is 17.5 Å². The Hall–Kier alpha value is -0.250. The van der Waals surface area contributed by atoms with Crippen LogP contribution >= 0.6 is 38.6 Å². The standard InChI is InChI=1S/C11H13BrN2O2S3/c12-9-4-6-17-10(9)7-14-19(15,16)11-2-1-8(18-11)3-5-13/h1-2,4,6,14H,3,5,7,13H2. The minimum atomic E-state index is -3.44. The summed E-state index contributed by atoms with van der Waals surface area (Å²) in [7, 11) is -3.44. The molecule has 104 valence electrons. The maximum Gasteiger partial charge on any atom is 0.250 e. The van der Waals surface area contributed by atoms with Crippen LogP contribution in [0.5, 0.6) is 0 Å². The molecule has 0 saturated heterocycles. The molecule has 19 heavy (non-hydrogen) atoms. The Balaban J connectivity index is 2.07. The van der Waals surface area contributed by atoms with Gasteiger partial charge in [-0.25, -0.2) is 13.1 Å². The quantitative estimate of drug-likeness (QED) is 0.808. The highest BCUT2D eigenvalue weighted by Gasteiger charge is 2.17. The smallest absolute Gasteiger partial charge is 0.250 e. The molecule has 2 rings (SSSR count). The van der Waals surface area contributed by atoms with Crippen LogP contribution in [0, 0.1) is 0 Å². The zero-order valence-electron chi connectivity index (χ0n) is 9.93. The van der Waals surface area contributed by atoms with E-state index in [0.717, 1.165) is 14.2 Å². The van der Waals surface area contributed by atoms with Crippen molar-refractivity contribution in [2.24, 2.45) is 5.73 Å². The number of halogens is 1. The van der Waals surface area contributed by atoms with Gasteiger partial charge in [0.2, 0.25) is 10.0 Å². The van der Waals surface area contributed by atoms with Crippen molar-refractivity contribution in [3.63, 3.8) is 0 Å². The monoisotopic (exact) mass is 380 g/mol. The van der Waals surface area contributed by atoms with Crippen LogP contribution in [0.25, 0.3) is 0 Å². The van der Waals surface area contributed by atoms with Gasteiger partial charge in [-0.1, -0.05) is 0 Å². The molecule has 0 saturated carbocycles. The van der Waals surface area contributed by atoms with E-state index in [1.165, 1.54) is 22.7 Å². The fourth-order valence-electron chi connectivity index (χ4n) is 1.46. The first-order valence-corrected chi connectivity index (χ1v) is 9.50.